The molecule has 0 aliphatic heterocycles. The number of hydrogen-bond donors (Lipinski definition) is 0. The number of nitrogens with zero attached hydrogens (tertiary/aromatic N) is 2. The summed E-state index contributed by atoms with van der Waals surface area (Å²) in [7, 11) is 0. The molecule has 0 atom stereocenters. The van der Waals surface area contributed by atoms with Crippen molar-refractivity contribution < 1.29 is 0 Å². The first-order chi connectivity index (χ1) is 28.8. The van der Waals surface area contributed by atoms with Gasteiger partial charge in [-0.15, -0.1) is 0 Å². The predicted molar refractivity (Wildman–Crippen MR) is 247 cm³/mol. The van der Waals surface area contributed by atoms with Crippen molar-refractivity contribution >= 4 is 60.4 Å². The molecule has 2 heteroatoms. The minimum Gasteiger partial charge on any atom is -0.310 e. The second kappa shape index (κ2) is 14.1. The van der Waals surface area contributed by atoms with Gasteiger partial charge < -0.3 is 9.47 Å². The molecule has 0 saturated heterocycles. The van der Waals surface area contributed by atoms with Gasteiger partial charge in [-0.05, 0) is 122 Å². The van der Waals surface area contributed by atoms with E-state index in [2.05, 4.69) is 240 Å². The zero-order chi connectivity index (χ0) is 38.4. The highest BCUT2D eigenvalue weighted by Gasteiger charge is 2.21. The van der Waals surface area contributed by atoms with E-state index in [9.17, 15) is 0 Å². The fraction of sp³-hybridized carbons (Fsp3) is 0. The molecule has 0 radical (unpaired) electrons. The van der Waals surface area contributed by atoms with Gasteiger partial charge >= 0.3 is 0 Å². The second-order valence-electron chi connectivity index (χ2n) is 15.0. The average Bonchev–Trinajstić information content (AvgIpc) is 3.63. The quantitative estimate of drug-likeness (QED) is 0.158. The molecule has 0 aliphatic rings. The standard InChI is InChI=1S/C56H38N2/c1-3-15-39(16-4-1)43-20-13-24-49(36-43)57(48-33-31-41(32-34-48)44-30-29-40-17-7-8-18-42(40)35-44)50-25-14-21-46(37-50)55-51-26-10-9-19-45(51)38-54-56(55)52-27-11-12-28-53(52)58(54)47-22-5-2-6-23-47/h1-38H. The maximum atomic E-state index is 2.42. The number of benzene rings is 10. The van der Waals surface area contributed by atoms with E-state index in [0.29, 0.717) is 0 Å². The van der Waals surface area contributed by atoms with E-state index in [1.165, 1.54) is 76.7 Å². The summed E-state index contributed by atoms with van der Waals surface area (Å²) in [6, 6.07) is 83.7. The van der Waals surface area contributed by atoms with E-state index < -0.39 is 0 Å². The van der Waals surface area contributed by atoms with Crippen molar-refractivity contribution in [2.75, 3.05) is 4.90 Å². The SMILES string of the molecule is c1ccc(-c2cccc(N(c3ccc(-c4ccc5ccccc5c4)cc3)c3cccc(-c4c5ccccc5cc5c4c4ccccc4n5-c4ccccc4)c3)c2)cc1. The van der Waals surface area contributed by atoms with Crippen LogP contribution in [0, 0.1) is 0 Å². The molecule has 2 nitrogen and oxygen atoms in total. The van der Waals surface area contributed by atoms with E-state index in [-0.39, 0.29) is 0 Å². The lowest BCUT2D eigenvalue weighted by molar-refractivity contribution is 1.18. The Labute approximate surface area is 338 Å². The van der Waals surface area contributed by atoms with Crippen LogP contribution >= 0.6 is 0 Å². The van der Waals surface area contributed by atoms with Crippen molar-refractivity contribution in [2.45, 2.75) is 0 Å². The summed E-state index contributed by atoms with van der Waals surface area (Å²) in [6.07, 6.45) is 0. The van der Waals surface area contributed by atoms with Gasteiger partial charge in [0.1, 0.15) is 0 Å². The van der Waals surface area contributed by atoms with Crippen molar-refractivity contribution in [3.63, 3.8) is 0 Å². The topological polar surface area (TPSA) is 8.17 Å². The van der Waals surface area contributed by atoms with Crippen LogP contribution in [-0.4, -0.2) is 4.57 Å². The lowest BCUT2D eigenvalue weighted by Crippen LogP contribution is -2.10. The maximum Gasteiger partial charge on any atom is 0.0553 e. The summed E-state index contributed by atoms with van der Waals surface area (Å²) in [4.78, 5) is 2.40. The number of anilines is 3. The van der Waals surface area contributed by atoms with Gasteiger partial charge in [-0.25, -0.2) is 0 Å². The molecule has 1 heterocycles. The third-order valence-corrected chi connectivity index (χ3v) is 11.5. The number of fused-ring (bicyclic) bond motifs is 5. The molecule has 0 amide bonds. The Bertz CT molecular complexity index is 3270. The molecule has 11 rings (SSSR count). The minimum absolute atomic E-state index is 1.09. The number of rotatable bonds is 7. The molecule has 0 unspecified atom stereocenters. The minimum atomic E-state index is 1.09. The van der Waals surface area contributed by atoms with Gasteiger partial charge in [0.2, 0.25) is 0 Å². The third kappa shape index (κ3) is 5.82. The number of para-hydroxylation sites is 2. The monoisotopic (exact) mass is 738 g/mol. The second-order valence-corrected chi connectivity index (χ2v) is 15.0. The molecule has 0 spiro atoms. The zero-order valence-corrected chi connectivity index (χ0v) is 31.8. The van der Waals surface area contributed by atoms with E-state index in [4.69, 9.17) is 0 Å². The zero-order valence-electron chi connectivity index (χ0n) is 31.8. The van der Waals surface area contributed by atoms with E-state index >= 15 is 0 Å². The molecule has 11 aromatic rings. The van der Waals surface area contributed by atoms with Crippen LogP contribution < -0.4 is 4.90 Å². The Hall–Kier alpha value is -7.68. The van der Waals surface area contributed by atoms with Crippen molar-refractivity contribution in [2.24, 2.45) is 0 Å². The summed E-state index contributed by atoms with van der Waals surface area (Å²) in [5.74, 6) is 0. The highest BCUT2D eigenvalue weighted by Crippen LogP contribution is 2.45. The molecule has 0 bridgehead atoms. The third-order valence-electron chi connectivity index (χ3n) is 11.5. The van der Waals surface area contributed by atoms with Gasteiger partial charge in [0, 0.05) is 33.5 Å². The molecule has 0 aliphatic carbocycles. The highest BCUT2D eigenvalue weighted by atomic mass is 15.1. The van der Waals surface area contributed by atoms with Crippen molar-refractivity contribution in [1.29, 1.82) is 0 Å². The number of hydrogen-bond acceptors (Lipinski definition) is 1. The fourth-order valence-corrected chi connectivity index (χ4v) is 8.82. The van der Waals surface area contributed by atoms with Gasteiger partial charge in [-0.1, -0.05) is 164 Å². The summed E-state index contributed by atoms with van der Waals surface area (Å²) in [5, 5.41) is 7.44. The molecule has 1 aromatic heterocycles. The smallest absolute Gasteiger partial charge is 0.0553 e. The van der Waals surface area contributed by atoms with Crippen molar-refractivity contribution in [3.05, 3.63) is 231 Å². The Kier molecular flexibility index (Phi) is 8.19. The van der Waals surface area contributed by atoms with E-state index in [1.807, 2.05) is 0 Å². The van der Waals surface area contributed by atoms with Gasteiger partial charge in [-0.2, -0.15) is 0 Å². The lowest BCUT2D eigenvalue weighted by Gasteiger charge is -2.27. The normalized spacial score (nSPS) is 11.4. The molecule has 272 valence electrons. The van der Waals surface area contributed by atoms with Gasteiger partial charge in [-0.3, -0.25) is 0 Å². The Morgan fingerprint density at radius 3 is 1.62 bits per heavy atom. The Morgan fingerprint density at radius 2 is 0.845 bits per heavy atom. The molecule has 0 saturated carbocycles. The summed E-state index contributed by atoms with van der Waals surface area (Å²) in [5.41, 5.74) is 14.0. The number of aromatic nitrogens is 1. The summed E-state index contributed by atoms with van der Waals surface area (Å²) >= 11 is 0. The first kappa shape index (κ1) is 33.6. The summed E-state index contributed by atoms with van der Waals surface area (Å²) in [6.45, 7) is 0. The molecule has 0 fully saturated rings. The molecule has 58 heavy (non-hydrogen) atoms. The largest absolute Gasteiger partial charge is 0.310 e. The Balaban J connectivity index is 1.12. The first-order valence-electron chi connectivity index (χ1n) is 19.9. The van der Waals surface area contributed by atoms with E-state index in [0.717, 1.165) is 22.7 Å². The molecule has 10 aromatic carbocycles. The van der Waals surface area contributed by atoms with Crippen LogP contribution in [-0.2, 0) is 0 Å². The van der Waals surface area contributed by atoms with E-state index in [1.54, 1.807) is 0 Å². The summed E-state index contributed by atoms with van der Waals surface area (Å²) < 4.78 is 2.42. The lowest BCUT2D eigenvalue weighted by atomic mass is 9.92. The molecular weight excluding hydrogens is 701 g/mol. The van der Waals surface area contributed by atoms with Crippen LogP contribution in [0.25, 0.3) is 82.4 Å². The molecular formula is C56H38N2. The van der Waals surface area contributed by atoms with Crippen LogP contribution in [0.15, 0.2) is 231 Å². The van der Waals surface area contributed by atoms with Gasteiger partial charge in [0.25, 0.3) is 0 Å². The fourth-order valence-electron chi connectivity index (χ4n) is 8.82. The predicted octanol–water partition coefficient (Wildman–Crippen LogP) is 15.6. The highest BCUT2D eigenvalue weighted by molar-refractivity contribution is 6.23. The van der Waals surface area contributed by atoms with Gasteiger partial charge in [0.05, 0.1) is 11.0 Å². The van der Waals surface area contributed by atoms with Crippen LogP contribution in [0.5, 0.6) is 0 Å². The van der Waals surface area contributed by atoms with Crippen molar-refractivity contribution in [3.8, 4) is 39.1 Å². The average molecular weight is 739 g/mol. The Morgan fingerprint density at radius 1 is 0.293 bits per heavy atom. The van der Waals surface area contributed by atoms with Crippen LogP contribution in [0.4, 0.5) is 17.1 Å². The maximum absolute atomic E-state index is 2.42. The molecule has 0 N–H and O–H groups in total. The van der Waals surface area contributed by atoms with Crippen LogP contribution in [0.2, 0.25) is 0 Å². The van der Waals surface area contributed by atoms with Crippen LogP contribution in [0.3, 0.4) is 0 Å². The first-order valence-corrected chi connectivity index (χ1v) is 19.9. The van der Waals surface area contributed by atoms with Gasteiger partial charge in [0.15, 0.2) is 0 Å². The van der Waals surface area contributed by atoms with Crippen molar-refractivity contribution in [1.82, 2.24) is 4.57 Å². The van der Waals surface area contributed by atoms with Crippen LogP contribution in [0.1, 0.15) is 0 Å².